The number of para-hydroxylation sites is 1. The van der Waals surface area contributed by atoms with Crippen molar-refractivity contribution in [1.29, 1.82) is 0 Å². The number of Topliss-reactive ketones (excluding diaryl/α,β-unsaturated/α-hetero) is 1. The van der Waals surface area contributed by atoms with Crippen molar-refractivity contribution in [3.05, 3.63) is 120 Å². The van der Waals surface area contributed by atoms with E-state index in [0.29, 0.717) is 28.5 Å². The van der Waals surface area contributed by atoms with Crippen molar-refractivity contribution >= 4 is 41.3 Å². The number of rotatable bonds is 15. The third kappa shape index (κ3) is 10.2. The zero-order valence-electron chi connectivity index (χ0n) is 29.9. The van der Waals surface area contributed by atoms with Gasteiger partial charge in [0.2, 0.25) is 12.6 Å². The Labute approximate surface area is 307 Å². The van der Waals surface area contributed by atoms with Crippen molar-refractivity contribution in [2.45, 2.75) is 58.1 Å². The van der Waals surface area contributed by atoms with Gasteiger partial charge in [0.05, 0.1) is 6.42 Å². The van der Waals surface area contributed by atoms with Crippen LogP contribution in [0.25, 0.3) is 6.08 Å². The van der Waals surface area contributed by atoms with E-state index in [9.17, 15) is 29.1 Å². The lowest BCUT2D eigenvalue weighted by Crippen LogP contribution is -2.49. The Morgan fingerprint density at radius 2 is 1.58 bits per heavy atom. The number of esters is 1. The van der Waals surface area contributed by atoms with Crippen LogP contribution in [0.4, 0.5) is 5.69 Å². The summed E-state index contributed by atoms with van der Waals surface area (Å²) in [6.07, 6.45) is 2.75. The highest BCUT2D eigenvalue weighted by Gasteiger charge is 2.41. The number of carbonyl (C=O) groups is 5. The number of carbonyl (C=O) groups excluding carboxylic acids is 4. The smallest absolute Gasteiger partial charge is 0.318 e. The average molecular weight is 723 g/mol. The first-order valence-corrected chi connectivity index (χ1v) is 17.1. The monoisotopic (exact) mass is 722 g/mol. The van der Waals surface area contributed by atoms with Gasteiger partial charge in [-0.3, -0.25) is 24.0 Å². The van der Waals surface area contributed by atoms with E-state index < -0.39 is 59.4 Å². The Balaban J connectivity index is 1.50. The zero-order chi connectivity index (χ0) is 38.1. The fourth-order valence-electron chi connectivity index (χ4n) is 5.89. The molecule has 0 saturated heterocycles. The second kappa shape index (κ2) is 16.9. The summed E-state index contributed by atoms with van der Waals surface area (Å²) in [5, 5.41) is 12.4. The first-order valence-electron chi connectivity index (χ1n) is 17.1. The molecule has 53 heavy (non-hydrogen) atoms. The Morgan fingerprint density at radius 3 is 2.26 bits per heavy atom. The minimum absolute atomic E-state index is 0.0378. The largest absolute Gasteiger partial charge is 0.481 e. The molecule has 12 heteroatoms. The van der Waals surface area contributed by atoms with Crippen molar-refractivity contribution in [2.24, 2.45) is 5.92 Å². The maximum Gasteiger partial charge on any atom is 0.318 e. The predicted octanol–water partition coefficient (Wildman–Crippen LogP) is 6.52. The third-order valence-electron chi connectivity index (χ3n) is 8.51. The van der Waals surface area contributed by atoms with E-state index >= 15 is 0 Å². The number of hydrogen-bond donors (Lipinski definition) is 2. The van der Waals surface area contributed by atoms with Crippen LogP contribution >= 0.6 is 0 Å². The molecule has 0 fully saturated rings. The Bertz CT molecular complexity index is 1960. The van der Waals surface area contributed by atoms with Gasteiger partial charge in [0.15, 0.2) is 17.3 Å². The Morgan fingerprint density at radius 1 is 0.906 bits per heavy atom. The number of carboxylic acid groups (broad SMARTS) is 1. The lowest BCUT2D eigenvalue weighted by atomic mass is 9.86. The van der Waals surface area contributed by atoms with Crippen LogP contribution in [-0.4, -0.2) is 64.5 Å². The number of amides is 2. The molecule has 1 aliphatic heterocycles. The number of hydrogen-bond acceptors (Lipinski definition) is 9. The molecule has 0 saturated carbocycles. The van der Waals surface area contributed by atoms with E-state index in [4.69, 9.17) is 18.6 Å². The molecule has 0 bridgehead atoms. The molecule has 0 aliphatic carbocycles. The second-order valence-corrected chi connectivity index (χ2v) is 13.6. The van der Waals surface area contributed by atoms with Crippen LogP contribution in [0.15, 0.2) is 101 Å². The highest BCUT2D eigenvalue weighted by molar-refractivity contribution is 6.40. The molecule has 2 heterocycles. The molecule has 0 spiro atoms. The molecule has 3 aromatic carbocycles. The van der Waals surface area contributed by atoms with Gasteiger partial charge in [-0.2, -0.15) is 0 Å². The van der Waals surface area contributed by atoms with Crippen molar-refractivity contribution in [3.8, 4) is 11.5 Å². The van der Waals surface area contributed by atoms with Crippen LogP contribution in [-0.2, 0) is 30.3 Å². The molecule has 1 aromatic heterocycles. The number of benzene rings is 3. The SMILES string of the molecule is CC(C(Cc1ccc(C(=O)Nc2ccccc2)o1)c1ccc2c(c1)OCO2)N(CC=Cc1ccccc1)C(=O)C(=O)C(CC(=O)O)C(=O)OC(C)(C)C. The average Bonchev–Trinajstić information content (AvgIpc) is 3.80. The summed E-state index contributed by atoms with van der Waals surface area (Å²) in [5.74, 6) is -6.15. The minimum Gasteiger partial charge on any atom is -0.481 e. The molecule has 3 atom stereocenters. The van der Waals surface area contributed by atoms with Crippen molar-refractivity contribution in [2.75, 3.05) is 18.7 Å². The lowest BCUT2D eigenvalue weighted by Gasteiger charge is -2.35. The number of ketones is 1. The number of fused-ring (bicyclic) bond motifs is 1. The van der Waals surface area contributed by atoms with Crippen LogP contribution in [0.5, 0.6) is 11.5 Å². The van der Waals surface area contributed by atoms with E-state index in [2.05, 4.69) is 5.32 Å². The van der Waals surface area contributed by atoms with Gasteiger partial charge in [-0.25, -0.2) is 0 Å². The fourth-order valence-corrected chi connectivity index (χ4v) is 5.89. The Kier molecular flexibility index (Phi) is 12.1. The summed E-state index contributed by atoms with van der Waals surface area (Å²) in [6.45, 7) is 6.47. The number of anilines is 1. The number of carboxylic acids is 1. The van der Waals surface area contributed by atoms with Crippen LogP contribution in [0, 0.1) is 5.92 Å². The van der Waals surface area contributed by atoms with E-state index in [0.717, 1.165) is 5.56 Å². The maximum absolute atomic E-state index is 14.3. The van der Waals surface area contributed by atoms with E-state index in [1.807, 2.05) is 42.5 Å². The summed E-state index contributed by atoms with van der Waals surface area (Å²) in [7, 11) is 0. The number of nitrogens with one attached hydrogen (secondary N) is 1. The summed E-state index contributed by atoms with van der Waals surface area (Å²) in [6, 6.07) is 26.1. The van der Waals surface area contributed by atoms with Crippen molar-refractivity contribution in [1.82, 2.24) is 4.90 Å². The molecular weight excluding hydrogens is 680 g/mol. The predicted molar refractivity (Wildman–Crippen MR) is 195 cm³/mol. The molecule has 4 aromatic rings. The van der Waals surface area contributed by atoms with Crippen LogP contribution < -0.4 is 14.8 Å². The maximum atomic E-state index is 14.3. The molecule has 0 radical (unpaired) electrons. The van der Waals surface area contributed by atoms with Gasteiger partial charge >= 0.3 is 11.9 Å². The van der Waals surface area contributed by atoms with Gasteiger partial charge in [0.1, 0.15) is 17.3 Å². The van der Waals surface area contributed by atoms with E-state index in [1.54, 1.807) is 88.4 Å². The topological polar surface area (TPSA) is 162 Å². The van der Waals surface area contributed by atoms with Gasteiger partial charge < -0.3 is 34.0 Å². The van der Waals surface area contributed by atoms with Gasteiger partial charge in [0, 0.05) is 30.6 Å². The summed E-state index contributed by atoms with van der Waals surface area (Å²) < 4.78 is 22.6. The fraction of sp³-hybridized carbons (Fsp3) is 0.293. The Hall–Kier alpha value is -6.17. The van der Waals surface area contributed by atoms with Crippen molar-refractivity contribution in [3.63, 3.8) is 0 Å². The van der Waals surface area contributed by atoms with E-state index in [-0.39, 0.29) is 25.5 Å². The second-order valence-electron chi connectivity index (χ2n) is 13.6. The molecule has 12 nitrogen and oxygen atoms in total. The van der Waals surface area contributed by atoms with Gasteiger partial charge in [-0.05, 0) is 75.2 Å². The quantitative estimate of drug-likeness (QED) is 0.0785. The number of furan rings is 1. The number of nitrogens with zero attached hydrogens (tertiary/aromatic N) is 1. The molecule has 2 amide bonds. The third-order valence-corrected chi connectivity index (χ3v) is 8.51. The number of aliphatic carboxylic acids is 1. The van der Waals surface area contributed by atoms with Gasteiger partial charge in [-0.1, -0.05) is 66.7 Å². The lowest BCUT2D eigenvalue weighted by molar-refractivity contribution is -0.167. The first-order chi connectivity index (χ1) is 25.3. The molecule has 276 valence electrons. The van der Waals surface area contributed by atoms with Crippen molar-refractivity contribution < 1.29 is 47.7 Å². The highest BCUT2D eigenvalue weighted by Crippen LogP contribution is 2.38. The molecule has 2 N–H and O–H groups in total. The number of ether oxygens (including phenoxy) is 3. The highest BCUT2D eigenvalue weighted by atomic mass is 16.7. The van der Waals surface area contributed by atoms with Gasteiger partial charge in [-0.15, -0.1) is 0 Å². The standard InChI is InChI=1S/C41H42N2O10/c1-26(43(21-11-14-27-12-7-5-8-13-27)39(48)37(46)32(24-36(44)45)40(49)53-41(2,3)4)31(28-17-19-33-35(22-28)51-25-50-33)23-30-18-20-34(52-30)38(47)42-29-15-9-6-10-16-29/h5-20,22,26,31-32H,21,23-25H2,1-4H3,(H,42,47)(H,44,45). The first kappa shape index (κ1) is 38.1. The molecular formula is C41H42N2O10. The normalized spacial score (nSPS) is 13.9. The summed E-state index contributed by atoms with van der Waals surface area (Å²) >= 11 is 0. The van der Waals surface area contributed by atoms with Gasteiger partial charge in [0.25, 0.3) is 11.8 Å². The minimum atomic E-state index is -1.87. The summed E-state index contributed by atoms with van der Waals surface area (Å²) in [4.78, 5) is 67.5. The van der Waals surface area contributed by atoms with Crippen LogP contribution in [0.1, 0.15) is 67.5 Å². The molecule has 5 rings (SSSR count). The van der Waals surface area contributed by atoms with Crippen LogP contribution in [0.2, 0.25) is 0 Å². The van der Waals surface area contributed by atoms with Crippen LogP contribution in [0.3, 0.4) is 0 Å². The van der Waals surface area contributed by atoms with E-state index in [1.165, 1.54) is 4.90 Å². The summed E-state index contributed by atoms with van der Waals surface area (Å²) in [5.41, 5.74) is 1.12. The zero-order valence-corrected chi connectivity index (χ0v) is 29.9. The molecule has 1 aliphatic rings. The molecule has 3 unspecified atom stereocenters.